The van der Waals surface area contributed by atoms with Crippen molar-refractivity contribution in [3.8, 4) is 17.3 Å². The molecule has 1 atom stereocenters. The maximum Gasteiger partial charge on any atom is 0.414 e. The minimum Gasteiger partial charge on any atom is -0.443 e. The van der Waals surface area contributed by atoms with Crippen LogP contribution in [0.1, 0.15) is 65.3 Å². The maximum atomic E-state index is 13.5. The summed E-state index contributed by atoms with van der Waals surface area (Å²) in [6.45, 7) is 21.2. The quantitative estimate of drug-likeness (QED) is 0.308. The molecule has 12 heteroatoms. The third-order valence-corrected chi connectivity index (χ3v) is 13.1. The highest BCUT2D eigenvalue weighted by Gasteiger charge is 2.47. The molecule has 0 saturated heterocycles. The van der Waals surface area contributed by atoms with Gasteiger partial charge in [-0.25, -0.2) is 14.8 Å². The van der Waals surface area contributed by atoms with Gasteiger partial charge in [0.15, 0.2) is 14.1 Å². The van der Waals surface area contributed by atoms with E-state index >= 15 is 0 Å². The molecule has 1 aromatic carbocycles. The summed E-state index contributed by atoms with van der Waals surface area (Å²) < 4.78 is 20.0. The molecule has 2 aliphatic heterocycles. The molecule has 1 amide bonds. The van der Waals surface area contributed by atoms with Crippen molar-refractivity contribution in [3.63, 3.8) is 0 Å². The van der Waals surface area contributed by atoms with Crippen molar-refractivity contribution in [2.45, 2.75) is 90.8 Å². The number of rotatable bonds is 6. The topological polar surface area (TPSA) is 127 Å². The highest BCUT2D eigenvalue weighted by Crippen LogP contribution is 2.47. The lowest BCUT2D eigenvalue weighted by Crippen LogP contribution is -2.46. The molecule has 0 saturated carbocycles. The fourth-order valence-electron chi connectivity index (χ4n) is 5.13. The Hall–Kier alpha value is -3.79. The van der Waals surface area contributed by atoms with Crippen molar-refractivity contribution in [1.29, 1.82) is 5.26 Å². The van der Waals surface area contributed by atoms with Crippen LogP contribution in [0.15, 0.2) is 30.5 Å². The highest BCUT2D eigenvalue weighted by molar-refractivity contribution is 6.74. The van der Waals surface area contributed by atoms with Gasteiger partial charge in [-0.2, -0.15) is 10.4 Å². The molecular formula is C32H43N7O4Si. The van der Waals surface area contributed by atoms with E-state index in [1.54, 1.807) is 17.2 Å². The summed E-state index contributed by atoms with van der Waals surface area (Å²) in [5.74, 6) is 1.02. The van der Waals surface area contributed by atoms with Crippen molar-refractivity contribution < 1.29 is 18.7 Å². The molecule has 5 rings (SSSR count). The molecule has 1 unspecified atom stereocenters. The molecule has 2 aliphatic rings. The second-order valence-electron chi connectivity index (χ2n) is 14.4. The van der Waals surface area contributed by atoms with Gasteiger partial charge in [-0.05, 0) is 62.7 Å². The number of amides is 1. The van der Waals surface area contributed by atoms with Gasteiger partial charge in [-0.3, -0.25) is 9.58 Å². The van der Waals surface area contributed by atoms with Gasteiger partial charge >= 0.3 is 6.09 Å². The van der Waals surface area contributed by atoms with Crippen LogP contribution in [-0.4, -0.2) is 59.5 Å². The lowest BCUT2D eigenvalue weighted by atomic mass is 9.83. The van der Waals surface area contributed by atoms with Crippen molar-refractivity contribution in [1.82, 2.24) is 19.7 Å². The van der Waals surface area contributed by atoms with Crippen molar-refractivity contribution in [2.24, 2.45) is 0 Å². The Labute approximate surface area is 260 Å². The fourth-order valence-corrected chi connectivity index (χ4v) is 6.24. The molecule has 3 aromatic rings. The van der Waals surface area contributed by atoms with E-state index in [2.05, 4.69) is 62.3 Å². The summed E-state index contributed by atoms with van der Waals surface area (Å²) in [5, 5.41) is 18.2. The molecule has 1 N–H and O–H groups in total. The number of nitriles is 1. The number of hydrogen-bond acceptors (Lipinski definition) is 9. The first-order valence-corrected chi connectivity index (χ1v) is 17.9. The molecule has 0 bridgehead atoms. The van der Waals surface area contributed by atoms with Gasteiger partial charge in [0, 0.05) is 36.4 Å². The average Bonchev–Trinajstić information content (AvgIpc) is 3.48. The van der Waals surface area contributed by atoms with Gasteiger partial charge in [-0.1, -0.05) is 27.7 Å². The summed E-state index contributed by atoms with van der Waals surface area (Å²) in [5.41, 5.74) is 2.87. The van der Waals surface area contributed by atoms with Gasteiger partial charge in [0.1, 0.15) is 11.7 Å². The van der Waals surface area contributed by atoms with Gasteiger partial charge in [0.2, 0.25) is 5.95 Å². The van der Waals surface area contributed by atoms with Crippen molar-refractivity contribution in [2.75, 3.05) is 30.0 Å². The molecule has 0 radical (unpaired) electrons. The average molecular weight is 618 g/mol. The number of fused-ring (bicyclic) bond motifs is 2. The zero-order valence-corrected chi connectivity index (χ0v) is 28.2. The first kappa shape index (κ1) is 31.6. The van der Waals surface area contributed by atoms with Crippen LogP contribution in [0.25, 0.3) is 11.3 Å². The van der Waals surface area contributed by atoms with E-state index < -0.39 is 25.4 Å². The second kappa shape index (κ2) is 11.3. The maximum absolute atomic E-state index is 13.5. The molecule has 4 heterocycles. The number of benzene rings is 1. The summed E-state index contributed by atoms with van der Waals surface area (Å²) in [6.07, 6.45) is 1.19. The Morgan fingerprint density at radius 3 is 2.61 bits per heavy atom. The van der Waals surface area contributed by atoms with E-state index in [-0.39, 0.29) is 5.04 Å². The van der Waals surface area contributed by atoms with E-state index in [9.17, 15) is 10.1 Å². The van der Waals surface area contributed by atoms with Crippen LogP contribution in [0.2, 0.25) is 18.1 Å². The van der Waals surface area contributed by atoms with Crippen LogP contribution < -0.4 is 10.2 Å². The minimum absolute atomic E-state index is 0.0149. The Balaban J connectivity index is 1.54. The first-order chi connectivity index (χ1) is 20.5. The molecule has 0 fully saturated rings. The number of ether oxygens (including phenoxy) is 2. The molecule has 0 aliphatic carbocycles. The molecule has 11 nitrogen and oxygen atoms in total. The number of aromatic nitrogens is 4. The van der Waals surface area contributed by atoms with Gasteiger partial charge in [0.05, 0.1) is 42.4 Å². The number of nitrogens with zero attached hydrogens (tertiary/aromatic N) is 6. The molecule has 234 valence electrons. The molecule has 2 aromatic heterocycles. The third-order valence-electron chi connectivity index (χ3n) is 8.58. The Morgan fingerprint density at radius 1 is 1.20 bits per heavy atom. The molecular weight excluding hydrogens is 574 g/mol. The molecule has 44 heavy (non-hydrogen) atoms. The van der Waals surface area contributed by atoms with Gasteiger partial charge in [0.25, 0.3) is 0 Å². The third kappa shape index (κ3) is 6.36. The van der Waals surface area contributed by atoms with Crippen LogP contribution >= 0.6 is 0 Å². The van der Waals surface area contributed by atoms with E-state index in [0.717, 1.165) is 16.8 Å². The Morgan fingerprint density at radius 2 is 1.95 bits per heavy atom. The number of carbonyl (C=O) groups excluding carboxylic acids is 1. The van der Waals surface area contributed by atoms with Crippen molar-refractivity contribution >= 4 is 31.9 Å². The van der Waals surface area contributed by atoms with E-state index in [0.29, 0.717) is 61.6 Å². The summed E-state index contributed by atoms with van der Waals surface area (Å²) in [7, 11) is -2.12. The SMILES string of the molecule is CC(C)(C)OC(=O)N1CC(C)(CO[Si](C)(C)C(C)(C)C)c2cc(-c3ccnc(Nc4cc5n(n4)CCOC5)n3)cc(C#N)c21. The normalized spacial score (nSPS) is 18.4. The van der Waals surface area contributed by atoms with Crippen LogP contribution in [0.3, 0.4) is 0 Å². The Kier molecular flexibility index (Phi) is 8.11. The van der Waals surface area contributed by atoms with Crippen LogP contribution in [-0.2, 0) is 32.5 Å². The number of anilines is 3. The lowest BCUT2D eigenvalue weighted by molar-refractivity contribution is 0.0575. The van der Waals surface area contributed by atoms with Crippen LogP contribution in [0, 0.1) is 11.3 Å². The second-order valence-corrected chi connectivity index (χ2v) is 19.2. The predicted octanol–water partition coefficient (Wildman–Crippen LogP) is 6.52. The van der Waals surface area contributed by atoms with Crippen molar-refractivity contribution in [3.05, 3.63) is 47.3 Å². The smallest absolute Gasteiger partial charge is 0.414 e. The predicted molar refractivity (Wildman–Crippen MR) is 171 cm³/mol. The van der Waals surface area contributed by atoms with Gasteiger partial charge < -0.3 is 19.2 Å². The summed E-state index contributed by atoms with van der Waals surface area (Å²) in [6, 6.07) is 9.87. The summed E-state index contributed by atoms with van der Waals surface area (Å²) in [4.78, 5) is 24.3. The number of nitrogens with one attached hydrogen (secondary N) is 1. The highest BCUT2D eigenvalue weighted by atomic mass is 28.4. The molecule has 0 spiro atoms. The van der Waals surface area contributed by atoms with E-state index in [1.807, 2.05) is 43.7 Å². The minimum atomic E-state index is -2.12. The van der Waals surface area contributed by atoms with E-state index in [1.165, 1.54) is 0 Å². The monoisotopic (exact) mass is 617 g/mol. The zero-order chi connectivity index (χ0) is 32.1. The van der Waals surface area contributed by atoms with Crippen LogP contribution in [0.4, 0.5) is 22.2 Å². The summed E-state index contributed by atoms with van der Waals surface area (Å²) >= 11 is 0. The first-order valence-electron chi connectivity index (χ1n) is 15.0. The van der Waals surface area contributed by atoms with Gasteiger partial charge in [-0.15, -0.1) is 0 Å². The number of hydrogen-bond donors (Lipinski definition) is 1. The number of carbonyl (C=O) groups is 1. The van der Waals surface area contributed by atoms with E-state index in [4.69, 9.17) is 18.9 Å². The zero-order valence-electron chi connectivity index (χ0n) is 27.2. The standard InChI is InChI=1S/C32H43N7O4Si/c1-30(2,3)43-29(40)38-19-32(7,20-42-44(8,9)31(4,5)6)24-15-21(14-22(17-33)27(24)38)25-10-11-34-28(35-25)36-26-16-23-18-41-13-12-39(23)37-26/h10-11,14-16H,12-13,18-20H2,1-9H3,(H,34,35,36,37). The Bertz CT molecular complexity index is 1590. The lowest BCUT2D eigenvalue weighted by Gasteiger charge is -2.39. The van der Waals surface area contributed by atoms with Crippen LogP contribution in [0.5, 0.6) is 0 Å². The largest absolute Gasteiger partial charge is 0.443 e. The fraction of sp³-hybridized carbons (Fsp3) is 0.531.